The van der Waals surface area contributed by atoms with Gasteiger partial charge in [0, 0.05) is 6.07 Å². The summed E-state index contributed by atoms with van der Waals surface area (Å²) in [5, 5.41) is 24.0. The fourth-order valence-corrected chi connectivity index (χ4v) is 2.15. The van der Waals surface area contributed by atoms with Crippen LogP contribution in [0.5, 0.6) is 0 Å². The third kappa shape index (κ3) is 2.59. The monoisotopic (exact) mass is 323 g/mol. The highest BCUT2D eigenvalue weighted by atomic mass is 16.6. The Morgan fingerprint density at radius 3 is 2.43 bits per heavy atom. The first-order valence-electron chi connectivity index (χ1n) is 6.27. The van der Waals surface area contributed by atoms with Crippen LogP contribution >= 0.6 is 0 Å². The number of ketones is 1. The fraction of sp³-hybridized carbons (Fsp3) is 0.250. The van der Waals surface area contributed by atoms with Gasteiger partial charge in [-0.3, -0.25) is 34.6 Å². The summed E-state index contributed by atoms with van der Waals surface area (Å²) in [5.41, 5.74) is -2.85. The fourth-order valence-electron chi connectivity index (χ4n) is 2.15. The number of Topliss-reactive ketones (excluding diaryl/α,β-unsaturated/α-hetero) is 1. The molecule has 11 nitrogen and oxygen atoms in total. The number of carbonyl (C=O) groups excluding carboxylic acids is 3. The molecule has 1 aromatic rings. The number of nitrogens with one attached hydrogen (secondary N) is 1. The molecule has 1 heterocycles. The molecule has 0 aromatic heterocycles. The average Bonchev–Trinajstić information content (AvgIpc) is 2.45. The van der Waals surface area contributed by atoms with Gasteiger partial charge in [0.15, 0.2) is 11.7 Å². The van der Waals surface area contributed by atoms with Gasteiger partial charge in [0.2, 0.25) is 5.91 Å². The number of hydrogen-bond donors (Lipinski definition) is 1. The third-order valence-electron chi connectivity index (χ3n) is 3.10. The second-order valence-electron chi connectivity index (χ2n) is 4.41. The van der Waals surface area contributed by atoms with Crippen LogP contribution in [0.2, 0.25) is 0 Å². The number of amides is 1. The van der Waals surface area contributed by atoms with Crippen molar-refractivity contribution in [3.63, 3.8) is 0 Å². The first-order valence-corrected chi connectivity index (χ1v) is 6.27. The van der Waals surface area contributed by atoms with Gasteiger partial charge in [0.1, 0.15) is 5.69 Å². The van der Waals surface area contributed by atoms with Crippen molar-refractivity contribution in [1.82, 2.24) is 0 Å². The third-order valence-corrected chi connectivity index (χ3v) is 3.10. The van der Waals surface area contributed by atoms with Crippen LogP contribution in [-0.4, -0.2) is 34.1 Å². The minimum Gasteiger partial charge on any atom is -0.465 e. The molecular weight excluding hydrogens is 314 g/mol. The SMILES string of the molecule is CCOC(=O)C1C(=O)Nc2c(ccc([N+](=O)[O-])c2[N+](=O)[O-])C1=O. The molecule has 23 heavy (non-hydrogen) atoms. The van der Waals surface area contributed by atoms with Crippen molar-refractivity contribution in [3.05, 3.63) is 37.9 Å². The van der Waals surface area contributed by atoms with E-state index in [1.807, 2.05) is 5.32 Å². The van der Waals surface area contributed by atoms with Crippen molar-refractivity contribution in [1.29, 1.82) is 0 Å². The first-order chi connectivity index (χ1) is 10.8. The Hall–Kier alpha value is -3.37. The van der Waals surface area contributed by atoms with E-state index in [1.54, 1.807) is 0 Å². The van der Waals surface area contributed by atoms with Crippen LogP contribution in [0.4, 0.5) is 17.1 Å². The first kappa shape index (κ1) is 16.0. The summed E-state index contributed by atoms with van der Waals surface area (Å²) in [6.07, 6.45) is 0. The van der Waals surface area contributed by atoms with Crippen molar-refractivity contribution in [2.45, 2.75) is 6.92 Å². The van der Waals surface area contributed by atoms with Crippen LogP contribution in [0.1, 0.15) is 17.3 Å². The van der Waals surface area contributed by atoms with E-state index in [4.69, 9.17) is 0 Å². The van der Waals surface area contributed by atoms with Crippen LogP contribution < -0.4 is 5.32 Å². The normalized spacial score (nSPS) is 16.3. The van der Waals surface area contributed by atoms with Crippen molar-refractivity contribution < 1.29 is 29.0 Å². The summed E-state index contributed by atoms with van der Waals surface area (Å²) in [7, 11) is 0. The number of rotatable bonds is 4. The van der Waals surface area contributed by atoms with E-state index in [1.165, 1.54) is 6.92 Å². The summed E-state index contributed by atoms with van der Waals surface area (Å²) in [6, 6.07) is 1.73. The molecule has 1 amide bonds. The van der Waals surface area contributed by atoms with Gasteiger partial charge >= 0.3 is 17.3 Å². The standard InChI is InChI=1S/C12H9N3O8/c1-2-23-12(18)7-10(16)5-3-4-6(14(19)20)9(15(21)22)8(5)13-11(7)17/h3-4,7H,2H2,1H3,(H,13,17). The molecule has 0 fully saturated rings. The molecule has 0 saturated heterocycles. The molecule has 1 aliphatic heterocycles. The van der Waals surface area contributed by atoms with Crippen LogP contribution in [0.15, 0.2) is 12.1 Å². The van der Waals surface area contributed by atoms with Gasteiger partial charge in [0.05, 0.1) is 22.0 Å². The van der Waals surface area contributed by atoms with Crippen molar-refractivity contribution in [2.24, 2.45) is 5.92 Å². The zero-order valence-electron chi connectivity index (χ0n) is 11.6. The Kier molecular flexibility index (Phi) is 4.03. The number of fused-ring (bicyclic) bond motifs is 1. The number of nitro groups is 2. The summed E-state index contributed by atoms with van der Waals surface area (Å²) >= 11 is 0. The molecule has 0 saturated carbocycles. The van der Waals surface area contributed by atoms with E-state index >= 15 is 0 Å². The number of carbonyl (C=O) groups is 3. The molecule has 0 spiro atoms. The van der Waals surface area contributed by atoms with Gasteiger partial charge in [0.25, 0.3) is 0 Å². The summed E-state index contributed by atoms with van der Waals surface area (Å²) < 4.78 is 4.61. The number of benzene rings is 1. The van der Waals surface area contributed by atoms with Crippen molar-refractivity contribution in [3.8, 4) is 0 Å². The number of esters is 1. The minimum absolute atomic E-state index is 0.0663. The number of nitro benzene ring substituents is 2. The van der Waals surface area contributed by atoms with Gasteiger partial charge in [-0.25, -0.2) is 0 Å². The molecule has 1 aromatic carbocycles. The van der Waals surface area contributed by atoms with Crippen LogP contribution in [0.25, 0.3) is 0 Å². The van der Waals surface area contributed by atoms with Gasteiger partial charge < -0.3 is 10.1 Å². The van der Waals surface area contributed by atoms with Gasteiger partial charge in [-0.2, -0.15) is 0 Å². The lowest BCUT2D eigenvalue weighted by Gasteiger charge is -2.21. The number of anilines is 1. The lowest BCUT2D eigenvalue weighted by Crippen LogP contribution is -2.41. The number of nitrogens with zero attached hydrogens (tertiary/aromatic N) is 2. The Morgan fingerprint density at radius 2 is 1.91 bits per heavy atom. The molecule has 0 radical (unpaired) electrons. The van der Waals surface area contributed by atoms with Gasteiger partial charge in [-0.15, -0.1) is 0 Å². The highest BCUT2D eigenvalue weighted by Crippen LogP contribution is 2.40. The maximum Gasteiger partial charge on any atom is 0.370 e. The summed E-state index contributed by atoms with van der Waals surface area (Å²) in [6.45, 7) is 1.41. The van der Waals surface area contributed by atoms with Gasteiger partial charge in [-0.1, -0.05) is 0 Å². The zero-order chi connectivity index (χ0) is 17.3. The average molecular weight is 323 g/mol. The van der Waals surface area contributed by atoms with E-state index < -0.39 is 50.5 Å². The topological polar surface area (TPSA) is 159 Å². The Labute approximate surface area is 127 Å². The second-order valence-corrected chi connectivity index (χ2v) is 4.41. The van der Waals surface area contributed by atoms with Crippen molar-refractivity contribution in [2.75, 3.05) is 11.9 Å². The highest BCUT2D eigenvalue weighted by molar-refractivity contribution is 6.30. The lowest BCUT2D eigenvalue weighted by molar-refractivity contribution is -0.421. The molecule has 2 rings (SSSR count). The predicted molar refractivity (Wildman–Crippen MR) is 72.8 cm³/mol. The van der Waals surface area contributed by atoms with E-state index in [0.717, 1.165) is 12.1 Å². The lowest BCUT2D eigenvalue weighted by atomic mass is 9.90. The maximum atomic E-state index is 12.2. The number of hydrogen-bond acceptors (Lipinski definition) is 8. The number of ether oxygens (including phenoxy) is 1. The highest BCUT2D eigenvalue weighted by Gasteiger charge is 2.45. The zero-order valence-corrected chi connectivity index (χ0v) is 11.6. The minimum atomic E-state index is -1.80. The maximum absolute atomic E-state index is 12.2. The Bertz CT molecular complexity index is 757. The Morgan fingerprint density at radius 1 is 1.26 bits per heavy atom. The Balaban J connectivity index is 2.62. The summed E-state index contributed by atoms with van der Waals surface area (Å²) in [5.74, 6) is -5.05. The van der Waals surface area contributed by atoms with E-state index in [9.17, 15) is 34.6 Å². The van der Waals surface area contributed by atoms with E-state index in [0.29, 0.717) is 0 Å². The van der Waals surface area contributed by atoms with E-state index in [-0.39, 0.29) is 12.2 Å². The molecule has 120 valence electrons. The molecule has 1 aliphatic rings. The van der Waals surface area contributed by atoms with Crippen LogP contribution in [0.3, 0.4) is 0 Å². The summed E-state index contributed by atoms with van der Waals surface area (Å²) in [4.78, 5) is 55.7. The van der Waals surface area contributed by atoms with Crippen molar-refractivity contribution >= 4 is 34.7 Å². The molecule has 1 atom stereocenters. The van der Waals surface area contributed by atoms with Crippen LogP contribution in [0, 0.1) is 26.1 Å². The quantitative estimate of drug-likeness (QED) is 0.369. The molecule has 1 unspecified atom stereocenters. The van der Waals surface area contributed by atoms with E-state index in [2.05, 4.69) is 4.74 Å². The molecule has 11 heteroatoms. The molecule has 1 N–H and O–H groups in total. The second kappa shape index (κ2) is 5.79. The largest absolute Gasteiger partial charge is 0.465 e. The predicted octanol–water partition coefficient (Wildman–Crippen LogP) is 0.817. The molecule has 0 bridgehead atoms. The van der Waals surface area contributed by atoms with Crippen LogP contribution in [-0.2, 0) is 14.3 Å². The smallest absolute Gasteiger partial charge is 0.370 e. The van der Waals surface area contributed by atoms with Gasteiger partial charge in [-0.05, 0) is 13.0 Å². The molecule has 0 aliphatic carbocycles. The molecular formula is C12H9N3O8.